The molecule has 0 amide bonds. The first-order valence-corrected chi connectivity index (χ1v) is 14.0. The summed E-state index contributed by atoms with van der Waals surface area (Å²) in [6.07, 6.45) is 2.64. The van der Waals surface area contributed by atoms with Crippen LogP contribution in [0, 0.1) is 17.2 Å². The van der Waals surface area contributed by atoms with E-state index in [4.69, 9.17) is 15.6 Å². The van der Waals surface area contributed by atoms with Crippen molar-refractivity contribution in [2.45, 2.75) is 49.6 Å². The summed E-state index contributed by atoms with van der Waals surface area (Å²) in [5, 5.41) is 27.7. The second kappa shape index (κ2) is 11.6. The topological polar surface area (TPSA) is 158 Å². The Morgan fingerprint density at radius 2 is 2.05 bits per heavy atom. The molecule has 5 rings (SSSR count). The summed E-state index contributed by atoms with van der Waals surface area (Å²) in [6, 6.07) is 10.8. The normalized spacial score (nSPS) is 19.0. The van der Waals surface area contributed by atoms with Crippen LogP contribution in [-0.4, -0.2) is 54.9 Å². The summed E-state index contributed by atoms with van der Waals surface area (Å²) >= 11 is 0. The van der Waals surface area contributed by atoms with Crippen LogP contribution in [0.15, 0.2) is 30.5 Å². The molecular weight excluding hydrogens is 535 g/mol. The summed E-state index contributed by atoms with van der Waals surface area (Å²) in [4.78, 5) is 13.5. The minimum Gasteiger partial charge on any atom is -0.475 e. The first kappa shape index (κ1) is 28.3. The molecular formula is C25H28F3N7O3S. The van der Waals surface area contributed by atoms with E-state index in [9.17, 15) is 22.6 Å². The maximum Gasteiger partial charge on any atom is 0.490 e. The molecule has 2 aliphatic rings. The number of rotatable bonds is 9. The molecule has 0 saturated heterocycles. The van der Waals surface area contributed by atoms with E-state index in [1.54, 1.807) is 17.0 Å². The Bertz CT molecular complexity index is 1430. The van der Waals surface area contributed by atoms with Crippen molar-refractivity contribution in [3.05, 3.63) is 47.2 Å². The number of fused-ring (bicyclic) bond motifs is 1. The zero-order chi connectivity index (χ0) is 28.3. The molecule has 2 aliphatic carbocycles. The monoisotopic (exact) mass is 563 g/mol. The Balaban J connectivity index is 0.000000448. The Morgan fingerprint density at radius 3 is 2.64 bits per heavy atom. The SMILES string of the molecule is CS(=O)Cc1cc(Nc2cc(NC3CC3)n3ncc(C#N)c3n2)ccc1C1CC1CCN.O=C(O)C(F)(F)F. The zero-order valence-corrected chi connectivity index (χ0v) is 21.8. The predicted molar refractivity (Wildman–Crippen MR) is 140 cm³/mol. The molecule has 0 aliphatic heterocycles. The smallest absolute Gasteiger partial charge is 0.475 e. The van der Waals surface area contributed by atoms with Gasteiger partial charge in [0.25, 0.3) is 0 Å². The van der Waals surface area contributed by atoms with Crippen LogP contribution in [0.25, 0.3) is 5.65 Å². The maximum absolute atomic E-state index is 12.0. The summed E-state index contributed by atoms with van der Waals surface area (Å²) in [6.45, 7) is 0.709. The third-order valence-electron chi connectivity index (χ3n) is 6.40. The summed E-state index contributed by atoms with van der Waals surface area (Å²) < 4.78 is 45.5. The Hall–Kier alpha value is -3.70. The van der Waals surface area contributed by atoms with Crippen LogP contribution in [0.4, 0.5) is 30.5 Å². The molecule has 0 bridgehead atoms. The number of nitrogens with zero attached hydrogens (tertiary/aromatic N) is 4. The highest BCUT2D eigenvalue weighted by Gasteiger charge is 2.39. The van der Waals surface area contributed by atoms with E-state index in [0.29, 0.717) is 47.2 Å². The fourth-order valence-electron chi connectivity index (χ4n) is 4.34. The molecule has 10 nitrogen and oxygen atoms in total. The molecule has 3 atom stereocenters. The average molecular weight is 564 g/mol. The molecule has 39 heavy (non-hydrogen) atoms. The minimum absolute atomic E-state index is 0.435. The van der Waals surface area contributed by atoms with Crippen molar-refractivity contribution in [3.63, 3.8) is 0 Å². The Kier molecular flexibility index (Phi) is 8.41. The van der Waals surface area contributed by atoms with Gasteiger partial charge in [0.1, 0.15) is 23.3 Å². The third-order valence-corrected chi connectivity index (χ3v) is 7.12. The highest BCUT2D eigenvalue weighted by atomic mass is 32.2. The quantitative estimate of drug-likeness (QED) is 0.303. The summed E-state index contributed by atoms with van der Waals surface area (Å²) in [5.74, 6) is 0.373. The van der Waals surface area contributed by atoms with Gasteiger partial charge in [-0.3, -0.25) is 4.21 Å². The van der Waals surface area contributed by atoms with Crippen LogP contribution in [0.5, 0.6) is 0 Å². The molecule has 2 aromatic heterocycles. The number of benzene rings is 1. The van der Waals surface area contributed by atoms with Crippen molar-refractivity contribution >= 4 is 39.7 Å². The number of carbonyl (C=O) groups is 1. The number of aliphatic carboxylic acids is 1. The number of hydrogen-bond donors (Lipinski definition) is 4. The van der Waals surface area contributed by atoms with E-state index < -0.39 is 22.9 Å². The van der Waals surface area contributed by atoms with Gasteiger partial charge in [-0.1, -0.05) is 6.07 Å². The fourth-order valence-corrected chi connectivity index (χ4v) is 5.03. The van der Waals surface area contributed by atoms with Gasteiger partial charge in [0.15, 0.2) is 5.65 Å². The molecule has 2 fully saturated rings. The van der Waals surface area contributed by atoms with Crippen molar-refractivity contribution in [2.75, 3.05) is 23.4 Å². The predicted octanol–water partition coefficient (Wildman–Crippen LogP) is 3.88. The first-order valence-electron chi connectivity index (χ1n) is 12.3. The van der Waals surface area contributed by atoms with Crippen LogP contribution in [0.3, 0.4) is 0 Å². The van der Waals surface area contributed by atoms with Crippen molar-refractivity contribution in [2.24, 2.45) is 11.7 Å². The number of hydrogen-bond acceptors (Lipinski definition) is 8. The van der Waals surface area contributed by atoms with Gasteiger partial charge < -0.3 is 21.5 Å². The van der Waals surface area contributed by atoms with Gasteiger partial charge in [-0.2, -0.15) is 28.0 Å². The number of nitriles is 1. The van der Waals surface area contributed by atoms with Gasteiger partial charge in [0, 0.05) is 40.6 Å². The molecule has 14 heteroatoms. The molecule has 1 aromatic carbocycles. The van der Waals surface area contributed by atoms with Crippen molar-refractivity contribution < 1.29 is 27.3 Å². The average Bonchev–Trinajstić information content (AvgIpc) is 3.78. The lowest BCUT2D eigenvalue weighted by Crippen LogP contribution is -2.21. The number of aromatic nitrogens is 3. The van der Waals surface area contributed by atoms with Gasteiger partial charge >= 0.3 is 12.1 Å². The number of alkyl halides is 3. The molecule has 2 saturated carbocycles. The molecule has 3 unspecified atom stereocenters. The molecule has 0 spiro atoms. The van der Waals surface area contributed by atoms with Crippen LogP contribution in [-0.2, 0) is 21.3 Å². The van der Waals surface area contributed by atoms with Crippen LogP contribution >= 0.6 is 0 Å². The van der Waals surface area contributed by atoms with Crippen molar-refractivity contribution in [3.8, 4) is 6.07 Å². The number of nitrogens with one attached hydrogen (secondary N) is 2. The number of anilines is 3. The number of carboxylic acids is 1. The van der Waals surface area contributed by atoms with E-state index >= 15 is 0 Å². The summed E-state index contributed by atoms with van der Waals surface area (Å²) in [7, 11) is -0.932. The number of carboxylic acid groups (broad SMARTS) is 1. The summed E-state index contributed by atoms with van der Waals surface area (Å²) in [5.41, 5.74) is 9.98. The van der Waals surface area contributed by atoms with Crippen molar-refractivity contribution in [1.29, 1.82) is 5.26 Å². The lowest BCUT2D eigenvalue weighted by molar-refractivity contribution is -0.192. The second-order valence-corrected chi connectivity index (χ2v) is 11.0. The van der Waals surface area contributed by atoms with Crippen molar-refractivity contribution in [1.82, 2.24) is 14.6 Å². The van der Waals surface area contributed by atoms with Crippen LogP contribution in [0.1, 0.15) is 48.3 Å². The largest absolute Gasteiger partial charge is 0.490 e. The first-order chi connectivity index (χ1) is 18.5. The number of halogens is 3. The highest BCUT2D eigenvalue weighted by Crippen LogP contribution is 2.50. The zero-order valence-electron chi connectivity index (χ0n) is 21.0. The molecule has 2 heterocycles. The fraction of sp³-hybridized carbons (Fsp3) is 0.440. The molecule has 5 N–H and O–H groups in total. The Morgan fingerprint density at radius 1 is 1.33 bits per heavy atom. The van der Waals surface area contributed by atoms with Gasteiger partial charge in [0.05, 0.1) is 6.20 Å². The lowest BCUT2D eigenvalue weighted by atomic mass is 10.0. The van der Waals surface area contributed by atoms with Gasteiger partial charge in [-0.25, -0.2) is 9.78 Å². The van der Waals surface area contributed by atoms with E-state index in [2.05, 4.69) is 45.0 Å². The third kappa shape index (κ3) is 7.24. The molecule has 208 valence electrons. The Labute approximate surface area is 224 Å². The van der Waals surface area contributed by atoms with Crippen LogP contribution in [0.2, 0.25) is 0 Å². The number of nitrogens with two attached hydrogens (primary N) is 1. The van der Waals surface area contributed by atoms with E-state index in [0.717, 1.165) is 42.8 Å². The van der Waals surface area contributed by atoms with Crippen LogP contribution < -0.4 is 16.4 Å². The molecule has 0 radical (unpaired) electrons. The minimum atomic E-state index is -5.08. The van der Waals surface area contributed by atoms with Gasteiger partial charge in [-0.15, -0.1) is 0 Å². The highest BCUT2D eigenvalue weighted by molar-refractivity contribution is 7.83. The van der Waals surface area contributed by atoms with E-state index in [1.807, 2.05) is 6.07 Å². The molecule has 3 aromatic rings. The second-order valence-electron chi connectivity index (χ2n) is 9.59. The van der Waals surface area contributed by atoms with Gasteiger partial charge in [-0.05, 0) is 67.3 Å². The maximum atomic E-state index is 12.0. The lowest BCUT2D eigenvalue weighted by Gasteiger charge is -2.14. The van der Waals surface area contributed by atoms with E-state index in [-0.39, 0.29) is 0 Å². The van der Waals surface area contributed by atoms with E-state index in [1.165, 1.54) is 5.56 Å². The standard InChI is InChI=1S/C23H27N7OS.C2HF3O2/c1-32(31)13-15-8-18(4-5-19(15)20-9-14(20)6-7-24)27-21-10-22(28-17-2-3-17)30-23(29-21)16(11-25)12-26-30;3-2(4,5)1(6)7/h4-5,8,10,12,14,17,20,28H,2-3,6-7,9,13,24H2,1H3,(H,27,29);(H,6,7). The van der Waals surface area contributed by atoms with Gasteiger partial charge in [0.2, 0.25) is 0 Å².